The molecule has 0 saturated heterocycles. The Labute approximate surface area is 184 Å². The third kappa shape index (κ3) is 4.54. The van der Waals surface area contributed by atoms with E-state index in [1.807, 2.05) is 12.1 Å². The molecule has 0 heterocycles. The number of carbonyl (C=O) groups is 2. The Morgan fingerprint density at radius 2 is 1.77 bits per heavy atom. The smallest absolute Gasteiger partial charge is 0.340 e. The summed E-state index contributed by atoms with van der Waals surface area (Å²) in [5, 5.41) is -0.153. The van der Waals surface area contributed by atoms with Gasteiger partial charge in [0, 0.05) is 11.6 Å². The van der Waals surface area contributed by atoms with Gasteiger partial charge in [-0.25, -0.2) is 17.9 Å². The number of ketones is 1. The summed E-state index contributed by atoms with van der Waals surface area (Å²) in [6, 6.07) is 7.63. The van der Waals surface area contributed by atoms with Crippen LogP contribution in [-0.4, -0.2) is 32.8 Å². The fourth-order valence-corrected chi connectivity index (χ4v) is 5.57. The topological polar surface area (TPSA) is 89.5 Å². The zero-order valence-electron chi connectivity index (χ0n) is 15.9. The second-order valence-electron chi connectivity index (χ2n) is 7.49. The van der Waals surface area contributed by atoms with Crippen LogP contribution in [0.1, 0.15) is 51.1 Å². The van der Waals surface area contributed by atoms with Crippen LogP contribution >= 0.6 is 23.2 Å². The van der Waals surface area contributed by atoms with Gasteiger partial charge in [-0.3, -0.25) is 4.79 Å². The molecule has 9 heteroatoms. The van der Waals surface area contributed by atoms with E-state index in [0.29, 0.717) is 5.56 Å². The molecule has 0 aromatic heterocycles. The molecule has 0 spiro atoms. The number of halogens is 2. The Morgan fingerprint density at radius 3 is 2.50 bits per heavy atom. The third-order valence-corrected chi connectivity index (χ3v) is 7.48. The summed E-state index contributed by atoms with van der Waals surface area (Å²) in [5.41, 5.74) is 2.69. The van der Waals surface area contributed by atoms with Crippen LogP contribution in [0, 0.1) is 0 Å². The van der Waals surface area contributed by atoms with Crippen molar-refractivity contribution in [3.05, 3.63) is 62.6 Å². The zero-order valence-corrected chi connectivity index (χ0v) is 18.2. The van der Waals surface area contributed by atoms with Gasteiger partial charge < -0.3 is 4.74 Å². The number of carbonyl (C=O) groups excluding carboxylic acids is 2. The summed E-state index contributed by atoms with van der Waals surface area (Å²) < 4.78 is 32.6. The highest BCUT2D eigenvalue weighted by atomic mass is 35.5. The van der Waals surface area contributed by atoms with Crippen molar-refractivity contribution >= 4 is 45.0 Å². The highest BCUT2D eigenvalue weighted by Crippen LogP contribution is 2.31. The molecule has 0 bridgehead atoms. The molecule has 1 fully saturated rings. The predicted molar refractivity (Wildman–Crippen MR) is 113 cm³/mol. The van der Waals surface area contributed by atoms with E-state index in [0.717, 1.165) is 43.7 Å². The van der Waals surface area contributed by atoms with Crippen molar-refractivity contribution in [2.75, 3.05) is 6.61 Å². The summed E-state index contributed by atoms with van der Waals surface area (Å²) in [4.78, 5) is 24.7. The first kappa shape index (κ1) is 21.3. The van der Waals surface area contributed by atoms with E-state index in [9.17, 15) is 18.0 Å². The second kappa shape index (κ2) is 8.30. The molecule has 2 aromatic rings. The van der Waals surface area contributed by atoms with Gasteiger partial charge in [0.1, 0.15) is 4.90 Å². The van der Waals surface area contributed by atoms with Gasteiger partial charge in [0.2, 0.25) is 10.0 Å². The molecule has 0 amide bonds. The standard InChI is InChI=1S/C21H19Cl2NO5S/c22-17-10-18(23)20(30(27,28)24-15-6-7-15)9-16(17)21(26)29-11-19(25)14-5-4-12-2-1-3-13(12)8-14/h4-5,8-10,15,24H,1-3,6-7,11H2. The normalized spacial score (nSPS) is 15.7. The van der Waals surface area contributed by atoms with Gasteiger partial charge in [0.05, 0.1) is 15.6 Å². The average molecular weight is 468 g/mol. The first-order valence-corrected chi connectivity index (χ1v) is 11.8. The SMILES string of the molecule is O=C(COC(=O)c1cc(S(=O)(=O)NC2CC2)c(Cl)cc1Cl)c1ccc2c(c1)CCC2. The Kier molecular flexibility index (Phi) is 5.90. The van der Waals surface area contributed by atoms with E-state index in [-0.39, 0.29) is 32.3 Å². The number of sulfonamides is 1. The lowest BCUT2D eigenvalue weighted by molar-refractivity contribution is 0.0474. The molecule has 0 radical (unpaired) electrons. The summed E-state index contributed by atoms with van der Waals surface area (Å²) in [6.07, 6.45) is 4.52. The fourth-order valence-electron chi connectivity index (χ4n) is 3.41. The Hall–Kier alpha value is -1.93. The molecule has 4 rings (SSSR count). The molecule has 30 heavy (non-hydrogen) atoms. The number of esters is 1. The molecule has 2 aromatic carbocycles. The highest BCUT2D eigenvalue weighted by Gasteiger charge is 2.30. The van der Waals surface area contributed by atoms with Gasteiger partial charge in [-0.05, 0) is 61.4 Å². The van der Waals surface area contributed by atoms with Crippen LogP contribution in [0.5, 0.6) is 0 Å². The first-order chi connectivity index (χ1) is 14.2. The van der Waals surface area contributed by atoms with E-state index < -0.39 is 22.6 Å². The quantitative estimate of drug-likeness (QED) is 0.491. The third-order valence-electron chi connectivity index (χ3n) is 5.18. The van der Waals surface area contributed by atoms with Crippen LogP contribution in [0.3, 0.4) is 0 Å². The predicted octanol–water partition coefficient (Wildman–Crippen LogP) is 3.96. The molecule has 0 atom stereocenters. The van der Waals surface area contributed by atoms with Crippen molar-refractivity contribution in [3.63, 3.8) is 0 Å². The Bertz CT molecular complexity index is 1140. The molecular weight excluding hydrogens is 449 g/mol. The molecule has 2 aliphatic rings. The van der Waals surface area contributed by atoms with Crippen molar-refractivity contribution in [2.45, 2.75) is 43.0 Å². The van der Waals surface area contributed by atoms with E-state index in [1.165, 1.54) is 11.6 Å². The van der Waals surface area contributed by atoms with E-state index in [1.54, 1.807) is 6.07 Å². The van der Waals surface area contributed by atoms with Gasteiger partial charge in [-0.2, -0.15) is 0 Å². The maximum Gasteiger partial charge on any atom is 0.340 e. The molecule has 6 nitrogen and oxygen atoms in total. The van der Waals surface area contributed by atoms with Gasteiger partial charge in [-0.1, -0.05) is 35.3 Å². The molecule has 1 saturated carbocycles. The Balaban J connectivity index is 1.49. The number of hydrogen-bond donors (Lipinski definition) is 1. The van der Waals surface area contributed by atoms with Crippen molar-refractivity contribution in [1.29, 1.82) is 0 Å². The number of fused-ring (bicyclic) bond motifs is 1. The monoisotopic (exact) mass is 467 g/mol. The fraction of sp³-hybridized carbons (Fsp3) is 0.333. The first-order valence-electron chi connectivity index (χ1n) is 9.58. The number of benzene rings is 2. The lowest BCUT2D eigenvalue weighted by atomic mass is 10.0. The number of ether oxygens (including phenoxy) is 1. The number of nitrogens with one attached hydrogen (secondary N) is 1. The average Bonchev–Trinajstić information content (AvgIpc) is 3.36. The summed E-state index contributed by atoms with van der Waals surface area (Å²) >= 11 is 12.1. The van der Waals surface area contributed by atoms with Crippen LogP contribution in [-0.2, 0) is 27.6 Å². The van der Waals surface area contributed by atoms with E-state index in [2.05, 4.69) is 4.72 Å². The summed E-state index contributed by atoms with van der Waals surface area (Å²) in [5.74, 6) is -1.24. The van der Waals surface area contributed by atoms with Crippen LogP contribution in [0.15, 0.2) is 35.2 Å². The van der Waals surface area contributed by atoms with Crippen molar-refractivity contribution in [1.82, 2.24) is 4.72 Å². The van der Waals surface area contributed by atoms with Gasteiger partial charge in [0.25, 0.3) is 0 Å². The van der Waals surface area contributed by atoms with Crippen LogP contribution < -0.4 is 4.72 Å². The van der Waals surface area contributed by atoms with Gasteiger partial charge in [-0.15, -0.1) is 0 Å². The minimum atomic E-state index is -3.90. The lowest BCUT2D eigenvalue weighted by Gasteiger charge is -2.11. The lowest BCUT2D eigenvalue weighted by Crippen LogP contribution is -2.26. The second-order valence-corrected chi connectivity index (χ2v) is 9.99. The van der Waals surface area contributed by atoms with Crippen molar-refractivity contribution in [3.8, 4) is 0 Å². The molecule has 158 valence electrons. The molecular formula is C21H19Cl2NO5S. The maximum absolute atomic E-state index is 12.5. The molecule has 2 aliphatic carbocycles. The zero-order chi connectivity index (χ0) is 21.5. The van der Waals surface area contributed by atoms with Crippen LogP contribution in [0.25, 0.3) is 0 Å². The van der Waals surface area contributed by atoms with Crippen molar-refractivity contribution in [2.24, 2.45) is 0 Å². The molecule has 0 unspecified atom stereocenters. The number of rotatable bonds is 7. The minimum Gasteiger partial charge on any atom is -0.454 e. The summed E-state index contributed by atoms with van der Waals surface area (Å²) in [7, 11) is -3.90. The van der Waals surface area contributed by atoms with E-state index >= 15 is 0 Å². The van der Waals surface area contributed by atoms with Gasteiger partial charge in [0.15, 0.2) is 12.4 Å². The largest absolute Gasteiger partial charge is 0.454 e. The number of aryl methyl sites for hydroxylation is 2. The van der Waals surface area contributed by atoms with Crippen LogP contribution in [0.4, 0.5) is 0 Å². The van der Waals surface area contributed by atoms with Gasteiger partial charge >= 0.3 is 5.97 Å². The maximum atomic E-state index is 12.5. The van der Waals surface area contributed by atoms with E-state index in [4.69, 9.17) is 27.9 Å². The highest BCUT2D eigenvalue weighted by molar-refractivity contribution is 7.89. The molecule has 0 aliphatic heterocycles. The van der Waals surface area contributed by atoms with Crippen LogP contribution in [0.2, 0.25) is 10.0 Å². The Morgan fingerprint density at radius 1 is 1.03 bits per heavy atom. The minimum absolute atomic E-state index is 0.0552. The molecule has 1 N–H and O–H groups in total. The number of hydrogen-bond acceptors (Lipinski definition) is 5. The number of Topliss-reactive ketones (excluding diaryl/α,β-unsaturated/α-hetero) is 1. The summed E-state index contributed by atoms with van der Waals surface area (Å²) in [6.45, 7) is -0.473. The van der Waals surface area contributed by atoms with Crippen molar-refractivity contribution < 1.29 is 22.7 Å².